The number of nitrogens with zero attached hydrogens (tertiary/aromatic N) is 1. The molecule has 2 aromatic carbocycles. The average Bonchev–Trinajstić information content (AvgIpc) is 3.40. The van der Waals surface area contributed by atoms with Gasteiger partial charge < -0.3 is 15.4 Å². The van der Waals surface area contributed by atoms with Gasteiger partial charge in [0.15, 0.2) is 5.96 Å². The lowest BCUT2D eigenvalue weighted by atomic mass is 10.1. The number of hydrogen-bond donors (Lipinski definition) is 2. The summed E-state index contributed by atoms with van der Waals surface area (Å²) in [7, 11) is 3.43. The Hall–Kier alpha value is -2.56. The summed E-state index contributed by atoms with van der Waals surface area (Å²) >= 11 is 0. The van der Waals surface area contributed by atoms with Gasteiger partial charge in [-0.25, -0.2) is 4.39 Å². The van der Waals surface area contributed by atoms with E-state index >= 15 is 0 Å². The standard InChI is InChI=1S/C20H24FN3O/c1-22-20(23-12-11-14-7-3-6-10-19(14)25-2)24-18-13-16(18)15-8-4-5-9-17(15)21/h3-10,16,18H,11-13H2,1-2H3,(H2,22,23,24). The summed E-state index contributed by atoms with van der Waals surface area (Å²) in [5, 5.41) is 6.69. The van der Waals surface area contributed by atoms with Gasteiger partial charge in [0, 0.05) is 25.6 Å². The molecule has 0 bridgehead atoms. The lowest BCUT2D eigenvalue weighted by molar-refractivity contribution is 0.409. The van der Waals surface area contributed by atoms with E-state index in [0.717, 1.165) is 42.2 Å². The van der Waals surface area contributed by atoms with Crippen LogP contribution in [0.15, 0.2) is 53.5 Å². The molecule has 1 aliphatic carbocycles. The topological polar surface area (TPSA) is 45.7 Å². The van der Waals surface area contributed by atoms with Gasteiger partial charge in [0.1, 0.15) is 11.6 Å². The van der Waals surface area contributed by atoms with Crippen LogP contribution in [-0.4, -0.2) is 32.7 Å². The number of methoxy groups -OCH3 is 1. The first-order chi connectivity index (χ1) is 12.2. The van der Waals surface area contributed by atoms with Gasteiger partial charge in [-0.1, -0.05) is 36.4 Å². The predicted molar refractivity (Wildman–Crippen MR) is 98.7 cm³/mol. The molecule has 1 fully saturated rings. The van der Waals surface area contributed by atoms with Crippen molar-refractivity contribution in [3.63, 3.8) is 0 Å². The van der Waals surface area contributed by atoms with Crippen molar-refractivity contribution in [3.8, 4) is 5.75 Å². The van der Waals surface area contributed by atoms with Crippen molar-refractivity contribution in [1.82, 2.24) is 10.6 Å². The molecule has 1 saturated carbocycles. The largest absolute Gasteiger partial charge is 0.496 e. The smallest absolute Gasteiger partial charge is 0.191 e. The summed E-state index contributed by atoms with van der Waals surface area (Å²) in [6.45, 7) is 0.747. The molecule has 25 heavy (non-hydrogen) atoms. The lowest BCUT2D eigenvalue weighted by Gasteiger charge is -2.13. The summed E-state index contributed by atoms with van der Waals surface area (Å²) in [6.07, 6.45) is 1.76. The molecular weight excluding hydrogens is 317 g/mol. The molecule has 2 aromatic rings. The number of hydrogen-bond acceptors (Lipinski definition) is 2. The van der Waals surface area contributed by atoms with Crippen molar-refractivity contribution in [2.24, 2.45) is 4.99 Å². The van der Waals surface area contributed by atoms with Crippen LogP contribution in [0, 0.1) is 5.82 Å². The maximum atomic E-state index is 13.8. The van der Waals surface area contributed by atoms with Crippen molar-refractivity contribution in [1.29, 1.82) is 0 Å². The second kappa shape index (κ2) is 8.01. The van der Waals surface area contributed by atoms with Crippen molar-refractivity contribution in [3.05, 3.63) is 65.5 Å². The number of para-hydroxylation sites is 1. The van der Waals surface area contributed by atoms with Gasteiger partial charge >= 0.3 is 0 Å². The lowest BCUT2D eigenvalue weighted by Crippen LogP contribution is -2.40. The predicted octanol–water partition coefficient (Wildman–Crippen LogP) is 3.10. The van der Waals surface area contributed by atoms with Gasteiger partial charge in [-0.05, 0) is 36.1 Å². The summed E-state index contributed by atoms with van der Waals surface area (Å²) in [5.41, 5.74) is 1.94. The molecule has 0 aliphatic heterocycles. The van der Waals surface area contributed by atoms with Crippen LogP contribution in [0.3, 0.4) is 0 Å². The highest BCUT2D eigenvalue weighted by Crippen LogP contribution is 2.41. The van der Waals surface area contributed by atoms with Crippen LogP contribution in [0.5, 0.6) is 5.75 Å². The molecule has 0 spiro atoms. The van der Waals surface area contributed by atoms with Crippen LogP contribution in [-0.2, 0) is 6.42 Å². The molecule has 0 amide bonds. The highest BCUT2D eigenvalue weighted by Gasteiger charge is 2.40. The minimum Gasteiger partial charge on any atom is -0.496 e. The van der Waals surface area contributed by atoms with Gasteiger partial charge in [-0.2, -0.15) is 0 Å². The van der Waals surface area contributed by atoms with E-state index in [9.17, 15) is 4.39 Å². The van der Waals surface area contributed by atoms with E-state index in [4.69, 9.17) is 4.74 Å². The van der Waals surface area contributed by atoms with E-state index in [1.807, 2.05) is 30.3 Å². The second-order valence-electron chi connectivity index (χ2n) is 6.18. The zero-order chi connectivity index (χ0) is 17.6. The number of nitrogens with one attached hydrogen (secondary N) is 2. The van der Waals surface area contributed by atoms with Gasteiger partial charge in [-0.15, -0.1) is 0 Å². The van der Waals surface area contributed by atoms with Crippen molar-refractivity contribution in [2.75, 3.05) is 20.7 Å². The first-order valence-corrected chi connectivity index (χ1v) is 8.56. The maximum Gasteiger partial charge on any atom is 0.191 e. The van der Waals surface area contributed by atoms with E-state index in [0.29, 0.717) is 0 Å². The first-order valence-electron chi connectivity index (χ1n) is 8.56. The van der Waals surface area contributed by atoms with Crippen LogP contribution in [0.4, 0.5) is 4.39 Å². The fourth-order valence-corrected chi connectivity index (χ4v) is 3.07. The van der Waals surface area contributed by atoms with E-state index < -0.39 is 0 Å². The Kier molecular flexibility index (Phi) is 5.53. The molecule has 4 nitrogen and oxygen atoms in total. The number of benzene rings is 2. The Morgan fingerprint density at radius 2 is 1.96 bits per heavy atom. The van der Waals surface area contributed by atoms with Crippen LogP contribution < -0.4 is 15.4 Å². The molecule has 2 unspecified atom stereocenters. The molecule has 1 aliphatic rings. The zero-order valence-electron chi connectivity index (χ0n) is 14.6. The molecule has 0 aromatic heterocycles. The Balaban J connectivity index is 1.49. The Bertz CT molecular complexity index is 747. The first kappa shape index (κ1) is 17.3. The molecule has 2 atom stereocenters. The van der Waals surface area contributed by atoms with Crippen molar-refractivity contribution < 1.29 is 9.13 Å². The molecule has 0 heterocycles. The van der Waals surface area contributed by atoms with E-state index in [1.54, 1.807) is 20.2 Å². The second-order valence-corrected chi connectivity index (χ2v) is 6.18. The van der Waals surface area contributed by atoms with Gasteiger partial charge in [-0.3, -0.25) is 4.99 Å². The van der Waals surface area contributed by atoms with Crippen molar-refractivity contribution >= 4 is 5.96 Å². The minimum atomic E-state index is -0.129. The normalized spacial score (nSPS) is 19.4. The maximum absolute atomic E-state index is 13.8. The molecular formula is C20H24FN3O. The zero-order valence-corrected chi connectivity index (χ0v) is 14.6. The monoisotopic (exact) mass is 341 g/mol. The molecule has 3 rings (SSSR count). The summed E-state index contributed by atoms with van der Waals surface area (Å²) in [5.74, 6) is 1.73. The van der Waals surface area contributed by atoms with Crippen LogP contribution in [0.1, 0.15) is 23.5 Å². The van der Waals surface area contributed by atoms with Crippen LogP contribution in [0.2, 0.25) is 0 Å². The highest BCUT2D eigenvalue weighted by atomic mass is 19.1. The SMILES string of the molecule is CN=C(NCCc1ccccc1OC)NC1CC1c1ccccc1F. The third-order valence-corrected chi connectivity index (χ3v) is 4.52. The highest BCUT2D eigenvalue weighted by molar-refractivity contribution is 5.80. The summed E-state index contributed by atoms with van der Waals surface area (Å²) < 4.78 is 19.2. The van der Waals surface area contributed by atoms with Gasteiger partial charge in [0.25, 0.3) is 0 Å². The molecule has 2 N–H and O–H groups in total. The van der Waals surface area contributed by atoms with Crippen molar-refractivity contribution in [2.45, 2.75) is 24.8 Å². The van der Waals surface area contributed by atoms with Crippen LogP contribution >= 0.6 is 0 Å². The number of ether oxygens (including phenoxy) is 1. The number of halogens is 1. The Labute approximate surface area is 148 Å². The molecule has 0 saturated heterocycles. The number of rotatable bonds is 6. The number of guanidine groups is 1. The third-order valence-electron chi connectivity index (χ3n) is 4.52. The van der Waals surface area contributed by atoms with Gasteiger partial charge in [0.2, 0.25) is 0 Å². The average molecular weight is 341 g/mol. The fraction of sp³-hybridized carbons (Fsp3) is 0.350. The fourth-order valence-electron chi connectivity index (χ4n) is 3.07. The number of aliphatic imine (C=N–C) groups is 1. The quantitative estimate of drug-likeness (QED) is 0.627. The Morgan fingerprint density at radius 1 is 1.20 bits per heavy atom. The summed E-state index contributed by atoms with van der Waals surface area (Å²) in [6, 6.07) is 15.2. The Morgan fingerprint density at radius 3 is 2.72 bits per heavy atom. The molecule has 5 heteroatoms. The van der Waals surface area contributed by atoms with E-state index in [1.165, 1.54) is 6.07 Å². The van der Waals surface area contributed by atoms with Gasteiger partial charge in [0.05, 0.1) is 7.11 Å². The van der Waals surface area contributed by atoms with Crippen LogP contribution in [0.25, 0.3) is 0 Å². The van der Waals surface area contributed by atoms with E-state index in [2.05, 4.69) is 21.7 Å². The summed E-state index contributed by atoms with van der Waals surface area (Å²) in [4.78, 5) is 4.26. The molecule has 132 valence electrons. The third kappa shape index (κ3) is 4.29. The minimum absolute atomic E-state index is 0.129. The molecule has 0 radical (unpaired) electrons. The van der Waals surface area contributed by atoms with E-state index in [-0.39, 0.29) is 17.8 Å².